The van der Waals surface area contributed by atoms with Crippen LogP contribution in [0.15, 0.2) is 97.1 Å². The first-order valence-corrected chi connectivity index (χ1v) is 18.3. The van der Waals surface area contributed by atoms with Gasteiger partial charge in [0.25, 0.3) is 0 Å². The summed E-state index contributed by atoms with van der Waals surface area (Å²) in [4.78, 5) is 56.2. The van der Waals surface area contributed by atoms with E-state index in [-0.39, 0.29) is 36.8 Å². The van der Waals surface area contributed by atoms with Crippen molar-refractivity contribution >= 4 is 35.0 Å². The molecule has 0 atom stereocenters. The molecule has 13 nitrogen and oxygen atoms in total. The number of hydrogen-bond acceptors (Lipinski definition) is 9. The van der Waals surface area contributed by atoms with Crippen LogP contribution in [0, 0.1) is 0 Å². The Morgan fingerprint density at radius 3 is 1.32 bits per heavy atom. The molecule has 14 heteroatoms. The highest BCUT2D eigenvalue weighted by Crippen LogP contribution is 2.24. The van der Waals surface area contributed by atoms with E-state index in [0.717, 1.165) is 16.7 Å². The summed E-state index contributed by atoms with van der Waals surface area (Å²) in [7, 11) is 0. The number of alkyl halides is 1. The van der Waals surface area contributed by atoms with Crippen molar-refractivity contribution in [1.29, 1.82) is 0 Å². The maximum absolute atomic E-state index is 13.2. The van der Waals surface area contributed by atoms with Gasteiger partial charge in [-0.15, -0.1) is 0 Å². The second kappa shape index (κ2) is 21.0. The van der Waals surface area contributed by atoms with Crippen molar-refractivity contribution < 1.29 is 48.4 Å². The van der Waals surface area contributed by atoms with E-state index in [1.165, 1.54) is 0 Å². The molecule has 0 radical (unpaired) electrons. The van der Waals surface area contributed by atoms with Gasteiger partial charge in [-0.25, -0.2) is 14.0 Å². The summed E-state index contributed by atoms with van der Waals surface area (Å²) < 4.78 is 23.8. The summed E-state index contributed by atoms with van der Waals surface area (Å²) in [6, 6.07) is 27.4. The smallest absolute Gasteiger partial charge is 0.324 e. The van der Waals surface area contributed by atoms with E-state index in [4.69, 9.17) is 19.7 Å². The first kappa shape index (κ1) is 41.6. The number of nitrogens with zero attached hydrogens (tertiary/aromatic N) is 4. The lowest BCUT2D eigenvalue weighted by Gasteiger charge is -2.33. The molecule has 2 aliphatic heterocycles. The molecule has 0 bridgehead atoms. The predicted molar refractivity (Wildman–Crippen MR) is 207 cm³/mol. The van der Waals surface area contributed by atoms with Gasteiger partial charge in [0.15, 0.2) is 11.6 Å². The van der Waals surface area contributed by atoms with Crippen LogP contribution < -0.4 is 9.80 Å². The normalized spacial score (nSPS) is 14.0. The maximum Gasteiger partial charge on any atom is 0.324 e. The number of ketones is 2. The Balaban J connectivity index is 0.000000214. The Kier molecular flexibility index (Phi) is 15.6. The Morgan fingerprint density at radius 2 is 0.946 bits per heavy atom. The SMILES string of the molecule is O=C(CO)c1ccc(CN(C(=O)N2CCOCC2)c2cccc(CF)c2)cc1.O=C(CO)c1ccc(CN(C(=O)N2CCOCC2)c2cccc(CO)c2)cc1. The van der Waals surface area contributed by atoms with Gasteiger partial charge in [-0.2, -0.15) is 0 Å². The van der Waals surface area contributed by atoms with Crippen molar-refractivity contribution in [3.8, 4) is 0 Å². The Bertz CT molecular complexity index is 1780. The molecule has 2 heterocycles. The fraction of sp³-hybridized carbons (Fsp3) is 0.333. The zero-order valence-electron chi connectivity index (χ0n) is 31.1. The Morgan fingerprint density at radius 1 is 0.554 bits per heavy atom. The number of urea groups is 2. The van der Waals surface area contributed by atoms with E-state index in [2.05, 4.69) is 0 Å². The molecular formula is C42H47FN4O9. The van der Waals surface area contributed by atoms with Crippen LogP contribution in [0.3, 0.4) is 0 Å². The van der Waals surface area contributed by atoms with Gasteiger partial charge in [-0.05, 0) is 46.5 Å². The second-order valence-corrected chi connectivity index (χ2v) is 13.1. The molecule has 0 aromatic heterocycles. The third-order valence-electron chi connectivity index (χ3n) is 9.33. The summed E-state index contributed by atoms with van der Waals surface area (Å²) in [5, 5.41) is 27.4. The predicted octanol–water partition coefficient (Wildman–Crippen LogP) is 4.60. The first-order valence-electron chi connectivity index (χ1n) is 18.3. The van der Waals surface area contributed by atoms with Crippen LogP contribution in [-0.2, 0) is 35.8 Å². The number of benzene rings is 4. The van der Waals surface area contributed by atoms with Crippen molar-refractivity contribution in [1.82, 2.24) is 9.80 Å². The molecule has 2 saturated heterocycles. The third kappa shape index (κ3) is 11.3. The van der Waals surface area contributed by atoms with Gasteiger partial charge in [0.05, 0.1) is 46.1 Å². The minimum atomic E-state index is -0.606. The summed E-state index contributed by atoms with van der Waals surface area (Å²) in [6.07, 6.45) is 0. The number of rotatable bonds is 12. The highest BCUT2D eigenvalue weighted by atomic mass is 19.1. The van der Waals surface area contributed by atoms with Crippen molar-refractivity contribution in [2.24, 2.45) is 0 Å². The van der Waals surface area contributed by atoms with Gasteiger partial charge in [-0.1, -0.05) is 72.8 Å². The molecule has 4 aromatic rings. The quantitative estimate of drug-likeness (QED) is 0.175. The molecule has 296 valence electrons. The molecule has 3 N–H and O–H groups in total. The zero-order chi connectivity index (χ0) is 39.9. The van der Waals surface area contributed by atoms with Gasteiger partial charge in [0.1, 0.15) is 19.9 Å². The topological polar surface area (TPSA) is 160 Å². The van der Waals surface area contributed by atoms with E-state index in [1.807, 2.05) is 12.1 Å². The summed E-state index contributed by atoms with van der Waals surface area (Å²) in [5.74, 6) is -0.702. The van der Waals surface area contributed by atoms with E-state index in [1.54, 1.807) is 105 Å². The minimum Gasteiger partial charge on any atom is -0.392 e. The lowest BCUT2D eigenvalue weighted by molar-refractivity contribution is 0.0548. The molecule has 4 amide bonds. The number of anilines is 2. The molecule has 2 fully saturated rings. The number of ether oxygens (including phenoxy) is 2. The van der Waals surface area contributed by atoms with Gasteiger partial charge in [0, 0.05) is 48.7 Å². The van der Waals surface area contributed by atoms with Crippen LogP contribution >= 0.6 is 0 Å². The molecule has 4 aromatic carbocycles. The maximum atomic E-state index is 13.2. The van der Waals surface area contributed by atoms with E-state index in [0.29, 0.717) is 87.2 Å². The van der Waals surface area contributed by atoms with Gasteiger partial charge >= 0.3 is 12.1 Å². The van der Waals surface area contributed by atoms with Crippen LogP contribution in [-0.4, -0.2) is 115 Å². The number of halogens is 1. The van der Waals surface area contributed by atoms with Gasteiger partial charge in [0.2, 0.25) is 0 Å². The van der Waals surface area contributed by atoms with Crippen LogP contribution in [0.4, 0.5) is 25.4 Å². The zero-order valence-corrected chi connectivity index (χ0v) is 31.1. The van der Waals surface area contributed by atoms with Crippen molar-refractivity contribution in [3.63, 3.8) is 0 Å². The lowest BCUT2D eigenvalue weighted by Crippen LogP contribution is -2.48. The number of Topliss-reactive ketones (excluding diaryl/α,β-unsaturated/α-hetero) is 2. The average molecular weight is 771 g/mol. The van der Waals surface area contributed by atoms with Crippen molar-refractivity contribution in [2.45, 2.75) is 26.4 Å². The van der Waals surface area contributed by atoms with E-state index < -0.39 is 19.9 Å². The number of morpholine rings is 2. The molecule has 2 aliphatic rings. The van der Waals surface area contributed by atoms with Crippen LogP contribution in [0.2, 0.25) is 0 Å². The second-order valence-electron chi connectivity index (χ2n) is 13.1. The fourth-order valence-electron chi connectivity index (χ4n) is 6.16. The summed E-state index contributed by atoms with van der Waals surface area (Å²) in [6.45, 7) is 2.86. The molecule has 56 heavy (non-hydrogen) atoms. The highest BCUT2D eigenvalue weighted by Gasteiger charge is 2.26. The van der Waals surface area contributed by atoms with Crippen LogP contribution in [0.5, 0.6) is 0 Å². The number of amides is 4. The Labute approximate surface area is 325 Å². The van der Waals surface area contributed by atoms with Gasteiger partial charge in [-0.3, -0.25) is 19.4 Å². The molecular weight excluding hydrogens is 723 g/mol. The first-order chi connectivity index (χ1) is 27.2. The third-order valence-corrected chi connectivity index (χ3v) is 9.33. The monoisotopic (exact) mass is 770 g/mol. The number of aliphatic hydroxyl groups excluding tert-OH is 3. The molecule has 0 spiro atoms. The number of aliphatic hydroxyl groups is 3. The standard InChI is InChI=1S/C21H23FN2O4.C21H24N2O5/c22-13-17-2-1-3-19(12-17)24(21(27)23-8-10-28-11-9-23)14-16-4-6-18(7-5-16)20(26)15-25;24-14-17-2-1-3-19(12-17)23(21(27)22-8-10-28-11-9-22)13-16-4-6-18(7-5-16)20(26)15-25/h1-7,12,25H,8-11,13-15H2;1-7,12,24-25H,8-11,13-15H2. The van der Waals surface area contributed by atoms with E-state index in [9.17, 15) is 28.7 Å². The minimum absolute atomic E-state index is 0.106. The lowest BCUT2D eigenvalue weighted by atomic mass is 10.1. The largest absolute Gasteiger partial charge is 0.392 e. The fourth-order valence-corrected chi connectivity index (χ4v) is 6.16. The number of hydrogen-bond donors (Lipinski definition) is 3. The molecule has 0 saturated carbocycles. The highest BCUT2D eigenvalue weighted by molar-refractivity contribution is 5.97. The summed E-state index contributed by atoms with van der Waals surface area (Å²) in [5.41, 5.74) is 5.05. The van der Waals surface area contributed by atoms with Crippen LogP contribution in [0.25, 0.3) is 0 Å². The molecule has 0 unspecified atom stereocenters. The number of carbonyl (C=O) groups excluding carboxylic acids is 4. The van der Waals surface area contributed by atoms with Gasteiger partial charge < -0.3 is 34.6 Å². The molecule has 6 rings (SSSR count). The Hall–Kier alpha value is -5.51. The average Bonchev–Trinajstić information content (AvgIpc) is 3.27. The van der Waals surface area contributed by atoms with Crippen molar-refractivity contribution in [2.75, 3.05) is 75.6 Å². The van der Waals surface area contributed by atoms with Crippen molar-refractivity contribution in [3.05, 3.63) is 130 Å². The summed E-state index contributed by atoms with van der Waals surface area (Å²) >= 11 is 0. The van der Waals surface area contributed by atoms with Crippen LogP contribution in [0.1, 0.15) is 43.0 Å². The number of carbonyl (C=O) groups is 4. The molecule has 0 aliphatic carbocycles. The van der Waals surface area contributed by atoms with E-state index >= 15 is 0 Å².